The van der Waals surface area contributed by atoms with Crippen LogP contribution >= 0.6 is 11.6 Å². The summed E-state index contributed by atoms with van der Waals surface area (Å²) in [6, 6.07) is 7.60. The molecule has 1 aromatic heterocycles. The Labute approximate surface area is 172 Å². The molecule has 0 aliphatic carbocycles. The van der Waals surface area contributed by atoms with Crippen molar-refractivity contribution in [3.05, 3.63) is 53.1 Å². The lowest BCUT2D eigenvalue weighted by Gasteiger charge is -2.34. The molecule has 0 bridgehead atoms. The average molecular weight is 404 g/mol. The molecule has 28 heavy (non-hydrogen) atoms. The van der Waals surface area contributed by atoms with Crippen LogP contribution in [0.3, 0.4) is 0 Å². The molecule has 1 aliphatic heterocycles. The summed E-state index contributed by atoms with van der Waals surface area (Å²) in [5, 5.41) is 3.66. The largest absolute Gasteiger partial charge is 0.351 e. The van der Waals surface area contributed by atoms with Gasteiger partial charge in [0.2, 0.25) is 5.91 Å². The van der Waals surface area contributed by atoms with E-state index in [9.17, 15) is 4.79 Å². The highest BCUT2D eigenvalue weighted by Gasteiger charge is 2.19. The summed E-state index contributed by atoms with van der Waals surface area (Å²) < 4.78 is 2.25. The minimum Gasteiger partial charge on any atom is -0.351 e. The van der Waals surface area contributed by atoms with Crippen LogP contribution in [0.15, 0.2) is 36.7 Å². The maximum absolute atomic E-state index is 12.2. The van der Waals surface area contributed by atoms with E-state index < -0.39 is 0 Å². The molecule has 0 radical (unpaired) electrons. The van der Waals surface area contributed by atoms with Gasteiger partial charge in [0.1, 0.15) is 5.82 Å². The van der Waals surface area contributed by atoms with Crippen LogP contribution in [0.2, 0.25) is 5.02 Å². The Morgan fingerprint density at radius 2 is 1.86 bits per heavy atom. The van der Waals surface area contributed by atoms with Crippen LogP contribution in [0.1, 0.15) is 31.2 Å². The summed E-state index contributed by atoms with van der Waals surface area (Å²) in [5.41, 5.74) is 0.947. The van der Waals surface area contributed by atoms with Crippen molar-refractivity contribution in [3.8, 4) is 0 Å². The Kier molecular flexibility index (Phi) is 7.48. The lowest BCUT2D eigenvalue weighted by atomic mass is 10.2. The van der Waals surface area contributed by atoms with E-state index in [0.717, 1.165) is 50.7 Å². The van der Waals surface area contributed by atoms with Gasteiger partial charge in [0.15, 0.2) is 0 Å². The summed E-state index contributed by atoms with van der Waals surface area (Å²) in [6.45, 7) is 11.1. The Morgan fingerprint density at radius 3 is 2.57 bits per heavy atom. The number of imidazole rings is 1. The monoisotopic (exact) mass is 403 g/mol. The highest BCUT2D eigenvalue weighted by atomic mass is 35.5. The minimum absolute atomic E-state index is 0.0494. The van der Waals surface area contributed by atoms with E-state index in [1.54, 1.807) is 0 Å². The van der Waals surface area contributed by atoms with Gasteiger partial charge in [0.25, 0.3) is 0 Å². The van der Waals surface area contributed by atoms with Crippen molar-refractivity contribution in [2.24, 2.45) is 0 Å². The zero-order valence-corrected chi connectivity index (χ0v) is 17.5. The fourth-order valence-electron chi connectivity index (χ4n) is 3.53. The molecule has 7 heteroatoms. The summed E-state index contributed by atoms with van der Waals surface area (Å²) in [4.78, 5) is 21.4. The first-order valence-electron chi connectivity index (χ1n) is 9.99. The standard InChI is InChI=1S/C21H30ClN5O/c1-17(2)21-23-7-8-27(21)14-13-25-9-11-26(12-10-25)16-20(28)24-15-18-5-3-4-6-19(18)22/h3-8,17H,9-16H2,1-2H3,(H,24,28). The highest BCUT2D eigenvalue weighted by molar-refractivity contribution is 6.31. The molecule has 1 N–H and O–H groups in total. The number of halogens is 1. The molecule has 152 valence electrons. The van der Waals surface area contributed by atoms with Gasteiger partial charge in [-0.2, -0.15) is 0 Å². The second kappa shape index (κ2) is 10.0. The molecular formula is C21H30ClN5O. The van der Waals surface area contributed by atoms with Gasteiger partial charge >= 0.3 is 0 Å². The van der Waals surface area contributed by atoms with Crippen LogP contribution in [-0.4, -0.2) is 64.5 Å². The van der Waals surface area contributed by atoms with Crippen LogP contribution in [-0.2, 0) is 17.9 Å². The predicted molar refractivity (Wildman–Crippen MR) is 112 cm³/mol. The molecule has 0 atom stereocenters. The number of piperazine rings is 1. The molecule has 1 fully saturated rings. The van der Waals surface area contributed by atoms with Crippen LogP contribution in [0.25, 0.3) is 0 Å². The molecule has 2 aromatic rings. The lowest BCUT2D eigenvalue weighted by molar-refractivity contribution is -0.122. The number of aromatic nitrogens is 2. The minimum atomic E-state index is 0.0494. The number of carbonyl (C=O) groups is 1. The van der Waals surface area contributed by atoms with Crippen molar-refractivity contribution in [3.63, 3.8) is 0 Å². The number of carbonyl (C=O) groups excluding carboxylic acids is 1. The van der Waals surface area contributed by atoms with E-state index >= 15 is 0 Å². The molecule has 1 saturated heterocycles. The van der Waals surface area contributed by atoms with Gasteiger partial charge in [-0.05, 0) is 11.6 Å². The first-order chi connectivity index (χ1) is 13.5. The quantitative estimate of drug-likeness (QED) is 0.736. The predicted octanol–water partition coefficient (Wildman–Crippen LogP) is 2.59. The van der Waals surface area contributed by atoms with Crippen LogP contribution in [0.5, 0.6) is 0 Å². The normalized spacial score (nSPS) is 15.9. The molecule has 0 unspecified atom stereocenters. The van der Waals surface area contributed by atoms with Gasteiger partial charge in [0.05, 0.1) is 6.54 Å². The van der Waals surface area contributed by atoms with Crippen molar-refractivity contribution < 1.29 is 4.79 Å². The number of nitrogens with zero attached hydrogens (tertiary/aromatic N) is 4. The summed E-state index contributed by atoms with van der Waals surface area (Å²) in [6.07, 6.45) is 3.95. The van der Waals surface area contributed by atoms with Gasteiger partial charge in [-0.15, -0.1) is 0 Å². The first-order valence-corrected chi connectivity index (χ1v) is 10.4. The number of rotatable bonds is 8. The van der Waals surface area contributed by atoms with Crippen molar-refractivity contribution in [1.82, 2.24) is 24.7 Å². The summed E-state index contributed by atoms with van der Waals surface area (Å²) >= 11 is 6.14. The molecule has 3 rings (SSSR count). The second-order valence-electron chi connectivity index (χ2n) is 7.62. The number of benzene rings is 1. The molecule has 1 aliphatic rings. The third-order valence-corrected chi connectivity index (χ3v) is 5.56. The van der Waals surface area contributed by atoms with Crippen molar-refractivity contribution in [2.45, 2.75) is 32.9 Å². The molecule has 1 amide bonds. The molecule has 0 spiro atoms. The third-order valence-electron chi connectivity index (χ3n) is 5.19. The van der Waals surface area contributed by atoms with Crippen LogP contribution in [0, 0.1) is 0 Å². The van der Waals surface area contributed by atoms with Crippen LogP contribution in [0.4, 0.5) is 0 Å². The maximum atomic E-state index is 12.2. The Hall–Kier alpha value is -1.89. The van der Waals surface area contributed by atoms with Crippen molar-refractivity contribution >= 4 is 17.5 Å². The highest BCUT2D eigenvalue weighted by Crippen LogP contribution is 2.14. The molecule has 1 aromatic carbocycles. The zero-order chi connectivity index (χ0) is 19.9. The SMILES string of the molecule is CC(C)c1nccn1CCN1CCN(CC(=O)NCc2ccccc2Cl)CC1. The third kappa shape index (κ3) is 5.80. The van der Waals surface area contributed by atoms with E-state index in [1.807, 2.05) is 30.5 Å². The van der Waals surface area contributed by atoms with Crippen LogP contribution < -0.4 is 5.32 Å². The van der Waals surface area contributed by atoms with Crippen molar-refractivity contribution in [1.29, 1.82) is 0 Å². The Bertz CT molecular complexity index is 768. The Morgan fingerprint density at radius 1 is 1.14 bits per heavy atom. The topological polar surface area (TPSA) is 53.4 Å². The number of hydrogen-bond acceptors (Lipinski definition) is 4. The second-order valence-corrected chi connectivity index (χ2v) is 8.03. The van der Waals surface area contributed by atoms with E-state index in [0.29, 0.717) is 24.0 Å². The van der Waals surface area contributed by atoms with Crippen molar-refractivity contribution in [2.75, 3.05) is 39.3 Å². The summed E-state index contributed by atoms with van der Waals surface area (Å²) in [5.74, 6) is 1.64. The van der Waals surface area contributed by atoms with E-state index in [4.69, 9.17) is 11.6 Å². The first kappa shape index (κ1) is 20.8. The fraction of sp³-hybridized carbons (Fsp3) is 0.524. The van der Waals surface area contributed by atoms with E-state index in [-0.39, 0.29) is 5.91 Å². The maximum Gasteiger partial charge on any atom is 0.234 e. The smallest absolute Gasteiger partial charge is 0.234 e. The zero-order valence-electron chi connectivity index (χ0n) is 16.8. The Balaban J connectivity index is 1.36. The average Bonchev–Trinajstić information content (AvgIpc) is 3.16. The van der Waals surface area contributed by atoms with Gasteiger partial charge in [-0.25, -0.2) is 4.98 Å². The van der Waals surface area contributed by atoms with Gasteiger partial charge in [-0.3, -0.25) is 14.6 Å². The molecule has 2 heterocycles. The number of amides is 1. The number of nitrogens with one attached hydrogen (secondary N) is 1. The fourth-order valence-corrected chi connectivity index (χ4v) is 3.73. The molecule has 6 nitrogen and oxygen atoms in total. The molecule has 0 saturated carbocycles. The van der Waals surface area contributed by atoms with E-state index in [2.05, 4.69) is 44.7 Å². The van der Waals surface area contributed by atoms with E-state index in [1.165, 1.54) is 0 Å². The van der Waals surface area contributed by atoms with Gasteiger partial charge in [0, 0.05) is 69.1 Å². The van der Waals surface area contributed by atoms with Gasteiger partial charge < -0.3 is 9.88 Å². The number of hydrogen-bond donors (Lipinski definition) is 1. The van der Waals surface area contributed by atoms with Gasteiger partial charge in [-0.1, -0.05) is 43.6 Å². The molecular weight excluding hydrogens is 374 g/mol. The lowest BCUT2D eigenvalue weighted by Crippen LogP contribution is -2.49. The summed E-state index contributed by atoms with van der Waals surface area (Å²) in [7, 11) is 0.